The van der Waals surface area contributed by atoms with E-state index in [2.05, 4.69) is 28.1 Å². The van der Waals surface area contributed by atoms with Crippen LogP contribution >= 0.6 is 10.8 Å². The lowest BCUT2D eigenvalue weighted by Gasteiger charge is -2.50. The lowest BCUT2D eigenvalue weighted by molar-refractivity contribution is 0.0830. The predicted octanol–water partition coefficient (Wildman–Crippen LogP) is 6.28. The van der Waals surface area contributed by atoms with Gasteiger partial charge in [-0.15, -0.1) is 10.8 Å². The summed E-state index contributed by atoms with van der Waals surface area (Å²) in [6, 6.07) is 32.3. The number of rotatable bonds is 14. The van der Waals surface area contributed by atoms with Crippen molar-refractivity contribution in [3.05, 3.63) is 125 Å². The number of ether oxygens (including phenoxy) is 1. The van der Waals surface area contributed by atoms with Crippen LogP contribution in [0.4, 0.5) is 11.4 Å². The molecule has 0 aliphatic carbocycles. The number of nitrogens with zero attached hydrogens (tertiary/aromatic N) is 1. The molecule has 1 heterocycles. The standard InChI is InChI=1S/C37H46N4O5S/c1-3-39-32-21-31(22-33(23-32)41-26-30(17-18-47(41,44)45)29-14-8-5-9-15-29)37(43)40-35(20-27-11-6-4-7-12-27)36(42)25-38-24-28-13-10-16-34(19-28)46-2/h4-16,19,21-23,30,35-36,38-39,42,44-45H,3,17-18,20,24-26H2,1-2H3,(H,40,43)/t30?,35-,36+/m0/s1. The lowest BCUT2D eigenvalue weighted by Crippen LogP contribution is -2.48. The molecule has 0 spiro atoms. The van der Waals surface area contributed by atoms with Gasteiger partial charge in [-0.25, -0.2) is 0 Å². The summed E-state index contributed by atoms with van der Waals surface area (Å²) in [7, 11) is -1.46. The second-order valence-corrected chi connectivity index (χ2v) is 14.0. The van der Waals surface area contributed by atoms with Gasteiger partial charge in [-0.2, -0.15) is 0 Å². The Bertz CT molecular complexity index is 1590. The van der Waals surface area contributed by atoms with Crippen molar-refractivity contribution in [2.24, 2.45) is 0 Å². The molecule has 5 rings (SSSR count). The average Bonchev–Trinajstić information content (AvgIpc) is 3.08. The first kappa shape index (κ1) is 34.3. The number of carbonyl (C=O) groups is 1. The van der Waals surface area contributed by atoms with Crippen molar-refractivity contribution in [2.45, 2.75) is 44.4 Å². The van der Waals surface area contributed by atoms with E-state index in [0.717, 1.165) is 22.4 Å². The van der Waals surface area contributed by atoms with E-state index in [1.165, 1.54) is 0 Å². The lowest BCUT2D eigenvalue weighted by atomic mass is 9.96. The Morgan fingerprint density at radius 1 is 0.957 bits per heavy atom. The summed E-state index contributed by atoms with van der Waals surface area (Å²) in [5, 5.41) is 21.1. The van der Waals surface area contributed by atoms with Crippen molar-refractivity contribution in [1.29, 1.82) is 0 Å². The van der Waals surface area contributed by atoms with Crippen molar-refractivity contribution >= 4 is 28.1 Å². The molecule has 4 aromatic rings. The van der Waals surface area contributed by atoms with E-state index >= 15 is 0 Å². The molecule has 0 saturated carbocycles. The van der Waals surface area contributed by atoms with Gasteiger partial charge in [0.2, 0.25) is 0 Å². The zero-order valence-electron chi connectivity index (χ0n) is 27.0. The van der Waals surface area contributed by atoms with Crippen molar-refractivity contribution in [3.63, 3.8) is 0 Å². The second kappa shape index (κ2) is 16.2. The third-order valence-electron chi connectivity index (χ3n) is 8.50. The van der Waals surface area contributed by atoms with E-state index in [9.17, 15) is 19.0 Å². The largest absolute Gasteiger partial charge is 0.497 e. The van der Waals surface area contributed by atoms with Crippen LogP contribution in [0.1, 0.15) is 46.3 Å². The molecule has 0 bridgehead atoms. The first-order chi connectivity index (χ1) is 22.8. The molecule has 1 saturated heterocycles. The molecule has 0 radical (unpaired) electrons. The summed E-state index contributed by atoms with van der Waals surface area (Å²) in [5.41, 5.74) is 4.78. The zero-order chi connectivity index (χ0) is 33.2. The van der Waals surface area contributed by atoms with Crippen molar-refractivity contribution in [2.75, 3.05) is 42.1 Å². The van der Waals surface area contributed by atoms with E-state index in [4.69, 9.17) is 4.74 Å². The minimum Gasteiger partial charge on any atom is -0.497 e. The molecule has 1 aliphatic heterocycles. The van der Waals surface area contributed by atoms with Gasteiger partial charge >= 0.3 is 0 Å². The van der Waals surface area contributed by atoms with Gasteiger partial charge in [0.25, 0.3) is 5.91 Å². The maximum atomic E-state index is 13.9. The number of hydrogen-bond donors (Lipinski definition) is 6. The molecule has 3 atom stereocenters. The number of carbonyl (C=O) groups excluding carboxylic acids is 1. The molecule has 47 heavy (non-hydrogen) atoms. The summed E-state index contributed by atoms with van der Waals surface area (Å²) < 4.78 is 29.3. The van der Waals surface area contributed by atoms with E-state index < -0.39 is 22.9 Å². The second-order valence-electron chi connectivity index (χ2n) is 11.9. The Morgan fingerprint density at radius 3 is 2.40 bits per heavy atom. The highest BCUT2D eigenvalue weighted by atomic mass is 32.3. The SMILES string of the molecule is CCNc1cc(C(=O)N[C@@H](Cc2ccccc2)[C@H](O)CNCc2cccc(OC)c2)cc(N2CC(c3ccccc3)CCS2(O)O)c1. The first-order valence-electron chi connectivity index (χ1n) is 16.1. The topological polar surface area (TPSA) is 126 Å². The minimum atomic E-state index is -3.09. The fourth-order valence-electron chi connectivity index (χ4n) is 5.98. The highest BCUT2D eigenvalue weighted by molar-refractivity contribution is 8.25. The summed E-state index contributed by atoms with van der Waals surface area (Å²) in [5.74, 6) is 0.769. The molecule has 10 heteroatoms. The molecular formula is C37H46N4O5S. The quantitative estimate of drug-likeness (QED) is 0.0936. The van der Waals surface area contributed by atoms with Gasteiger partial charge in [-0.05, 0) is 66.8 Å². The van der Waals surface area contributed by atoms with Crippen LogP contribution in [0, 0.1) is 0 Å². The first-order valence-corrected chi connectivity index (χ1v) is 17.8. The number of methoxy groups -OCH3 is 1. The third-order valence-corrected chi connectivity index (χ3v) is 10.3. The van der Waals surface area contributed by atoms with E-state index in [1.807, 2.05) is 85.8 Å². The molecule has 4 aromatic carbocycles. The van der Waals surface area contributed by atoms with Gasteiger partial charge in [0.05, 0.1) is 30.7 Å². The van der Waals surface area contributed by atoms with Crippen LogP contribution in [-0.4, -0.2) is 64.8 Å². The summed E-state index contributed by atoms with van der Waals surface area (Å²) in [6.07, 6.45) is 0.204. The number of aliphatic hydroxyl groups excluding tert-OH is 1. The molecule has 6 N–H and O–H groups in total. The van der Waals surface area contributed by atoms with Crippen LogP contribution in [0.15, 0.2) is 103 Å². The number of aliphatic hydroxyl groups is 1. The molecule has 0 aromatic heterocycles. The number of anilines is 2. The number of amides is 1. The van der Waals surface area contributed by atoms with Crippen LogP contribution in [0.2, 0.25) is 0 Å². The number of hydrogen-bond acceptors (Lipinski definition) is 8. The van der Waals surface area contributed by atoms with Crippen LogP contribution < -0.4 is 25.0 Å². The monoisotopic (exact) mass is 658 g/mol. The molecular weight excluding hydrogens is 612 g/mol. The van der Waals surface area contributed by atoms with Gasteiger partial charge in [-0.3, -0.25) is 18.2 Å². The summed E-state index contributed by atoms with van der Waals surface area (Å²) in [4.78, 5) is 13.9. The molecule has 1 unspecified atom stereocenters. The Hall–Kier alpha value is -4.06. The van der Waals surface area contributed by atoms with Crippen molar-refractivity contribution in [3.8, 4) is 5.75 Å². The predicted molar refractivity (Wildman–Crippen MR) is 192 cm³/mol. The Morgan fingerprint density at radius 2 is 1.68 bits per heavy atom. The fraction of sp³-hybridized carbons (Fsp3) is 0.324. The third kappa shape index (κ3) is 9.27. The normalized spacial score (nSPS) is 17.7. The number of nitrogens with one attached hydrogen (secondary N) is 3. The van der Waals surface area contributed by atoms with Crippen LogP contribution in [0.3, 0.4) is 0 Å². The Labute approximate surface area is 279 Å². The van der Waals surface area contributed by atoms with Crippen molar-refractivity contribution in [1.82, 2.24) is 10.6 Å². The zero-order valence-corrected chi connectivity index (χ0v) is 27.8. The van der Waals surface area contributed by atoms with Gasteiger partial charge in [0.15, 0.2) is 0 Å². The van der Waals surface area contributed by atoms with E-state index in [1.54, 1.807) is 23.5 Å². The fourth-order valence-corrected chi connectivity index (χ4v) is 7.66. The maximum absolute atomic E-state index is 13.9. The molecule has 250 valence electrons. The van der Waals surface area contributed by atoms with Gasteiger partial charge in [0, 0.05) is 43.3 Å². The smallest absolute Gasteiger partial charge is 0.251 e. The van der Waals surface area contributed by atoms with Crippen LogP contribution in [0.5, 0.6) is 5.75 Å². The van der Waals surface area contributed by atoms with Gasteiger partial charge in [-0.1, -0.05) is 72.8 Å². The minimum absolute atomic E-state index is 0.117. The molecule has 1 aliphatic rings. The highest BCUT2D eigenvalue weighted by Crippen LogP contribution is 2.52. The Kier molecular flexibility index (Phi) is 11.8. The average molecular weight is 659 g/mol. The Balaban J connectivity index is 1.36. The van der Waals surface area contributed by atoms with Crippen LogP contribution in [-0.2, 0) is 13.0 Å². The van der Waals surface area contributed by atoms with Crippen molar-refractivity contribution < 1.29 is 23.7 Å². The van der Waals surface area contributed by atoms with Crippen LogP contribution in [0.25, 0.3) is 0 Å². The van der Waals surface area contributed by atoms with Gasteiger partial charge in [0.1, 0.15) is 5.75 Å². The van der Waals surface area contributed by atoms with Gasteiger partial charge < -0.3 is 25.8 Å². The molecule has 1 fully saturated rings. The summed E-state index contributed by atoms with van der Waals surface area (Å²) >= 11 is 0. The summed E-state index contributed by atoms with van der Waals surface area (Å²) in [6.45, 7) is 3.80. The van der Waals surface area contributed by atoms with E-state index in [-0.39, 0.29) is 24.1 Å². The van der Waals surface area contributed by atoms with E-state index in [0.29, 0.717) is 49.4 Å². The maximum Gasteiger partial charge on any atom is 0.251 e. The highest BCUT2D eigenvalue weighted by Gasteiger charge is 2.34. The number of benzene rings is 4. The molecule has 1 amide bonds. The molecule has 9 nitrogen and oxygen atoms in total.